The SMILES string of the molecule is CNC(=O)c1cccc2[nH]c(-c3ccc(OC(O)C4(O)C(O)C(O)C4CO)cc3)cc12. The molecule has 1 heterocycles. The van der Waals surface area contributed by atoms with Gasteiger partial charge in [0.15, 0.2) is 5.60 Å². The van der Waals surface area contributed by atoms with Crippen LogP contribution in [0.3, 0.4) is 0 Å². The molecule has 0 radical (unpaired) electrons. The Hall–Kier alpha value is -2.95. The van der Waals surface area contributed by atoms with Crippen molar-refractivity contribution in [3.05, 3.63) is 54.1 Å². The Bertz CT molecular complexity index is 1100. The standard InChI is InChI=1S/C22H24N2O7/c1-23-20(28)13-3-2-4-16-14(13)9-17(24-16)11-5-7-12(8-6-11)31-21(29)22(30)15(10-25)18(26)19(22)27/h2-9,15,18-19,21,24-27,29-30H,10H2,1H3,(H,23,28). The molecule has 9 heteroatoms. The number of carbonyl (C=O) groups excluding carboxylic acids is 1. The summed E-state index contributed by atoms with van der Waals surface area (Å²) in [5.74, 6) is -1.09. The molecule has 3 aromatic rings. The van der Waals surface area contributed by atoms with Gasteiger partial charge in [0.2, 0.25) is 6.29 Å². The highest BCUT2D eigenvalue weighted by Gasteiger charge is 2.65. The van der Waals surface area contributed by atoms with Crippen molar-refractivity contribution in [2.75, 3.05) is 13.7 Å². The van der Waals surface area contributed by atoms with Crippen molar-refractivity contribution in [2.24, 2.45) is 5.92 Å². The van der Waals surface area contributed by atoms with E-state index in [1.807, 2.05) is 12.1 Å². The summed E-state index contributed by atoms with van der Waals surface area (Å²) in [4.78, 5) is 15.3. The molecule has 7 N–H and O–H groups in total. The third kappa shape index (κ3) is 3.36. The number of amides is 1. The summed E-state index contributed by atoms with van der Waals surface area (Å²) in [6, 6.07) is 13.9. The summed E-state index contributed by atoms with van der Waals surface area (Å²) in [6.45, 7) is -0.619. The number of rotatable bonds is 6. The minimum atomic E-state index is -2.18. The maximum Gasteiger partial charge on any atom is 0.251 e. The summed E-state index contributed by atoms with van der Waals surface area (Å²) in [6.07, 6.45) is -4.84. The van der Waals surface area contributed by atoms with Gasteiger partial charge in [-0.2, -0.15) is 0 Å². The van der Waals surface area contributed by atoms with E-state index in [1.54, 1.807) is 43.4 Å². The fraction of sp³-hybridized carbons (Fsp3) is 0.318. The van der Waals surface area contributed by atoms with Crippen molar-refractivity contribution < 1.29 is 35.1 Å². The molecule has 1 aromatic heterocycles. The van der Waals surface area contributed by atoms with Crippen LogP contribution in [0.15, 0.2) is 48.5 Å². The summed E-state index contributed by atoms with van der Waals surface area (Å²) in [7, 11) is 1.57. The number of fused-ring (bicyclic) bond motifs is 1. The van der Waals surface area contributed by atoms with Crippen molar-refractivity contribution in [1.29, 1.82) is 0 Å². The number of benzene rings is 2. The van der Waals surface area contributed by atoms with Crippen LogP contribution in [-0.2, 0) is 0 Å². The van der Waals surface area contributed by atoms with Gasteiger partial charge < -0.3 is 40.6 Å². The lowest BCUT2D eigenvalue weighted by molar-refractivity contribution is -0.332. The molecule has 164 valence electrons. The molecule has 2 aromatic carbocycles. The van der Waals surface area contributed by atoms with Gasteiger partial charge >= 0.3 is 0 Å². The van der Waals surface area contributed by atoms with E-state index in [2.05, 4.69) is 10.3 Å². The molecule has 0 spiro atoms. The molecule has 1 saturated carbocycles. The fourth-order valence-electron chi connectivity index (χ4n) is 4.03. The fourth-order valence-corrected chi connectivity index (χ4v) is 4.03. The second-order valence-corrected chi connectivity index (χ2v) is 7.64. The first-order valence-corrected chi connectivity index (χ1v) is 9.79. The predicted octanol–water partition coefficient (Wildman–Crippen LogP) is -0.0333. The zero-order chi connectivity index (χ0) is 22.3. The molecule has 1 aliphatic carbocycles. The Morgan fingerprint density at radius 2 is 1.94 bits per heavy atom. The van der Waals surface area contributed by atoms with E-state index in [0.29, 0.717) is 5.56 Å². The van der Waals surface area contributed by atoms with E-state index in [4.69, 9.17) is 4.74 Å². The van der Waals surface area contributed by atoms with Crippen LogP contribution in [0.1, 0.15) is 10.4 Å². The molecule has 0 aliphatic heterocycles. The van der Waals surface area contributed by atoms with Crippen LogP contribution < -0.4 is 10.1 Å². The number of H-pyrrole nitrogens is 1. The predicted molar refractivity (Wildman–Crippen MR) is 111 cm³/mol. The van der Waals surface area contributed by atoms with Crippen LogP contribution >= 0.6 is 0 Å². The van der Waals surface area contributed by atoms with E-state index in [9.17, 15) is 30.3 Å². The van der Waals surface area contributed by atoms with Gasteiger partial charge in [0.1, 0.15) is 11.9 Å². The Morgan fingerprint density at radius 1 is 1.23 bits per heavy atom. The number of ether oxygens (including phenoxy) is 1. The van der Waals surface area contributed by atoms with Crippen molar-refractivity contribution >= 4 is 16.8 Å². The molecule has 5 atom stereocenters. The normalized spacial score (nSPS) is 26.3. The van der Waals surface area contributed by atoms with E-state index in [1.165, 1.54) is 0 Å². The van der Waals surface area contributed by atoms with Crippen LogP contribution in [0.2, 0.25) is 0 Å². The van der Waals surface area contributed by atoms with Gasteiger partial charge in [-0.15, -0.1) is 0 Å². The van der Waals surface area contributed by atoms with E-state index >= 15 is 0 Å². The topological polar surface area (TPSA) is 155 Å². The molecule has 4 rings (SSSR count). The van der Waals surface area contributed by atoms with Crippen molar-refractivity contribution in [1.82, 2.24) is 10.3 Å². The summed E-state index contributed by atoms with van der Waals surface area (Å²) < 4.78 is 5.35. The van der Waals surface area contributed by atoms with E-state index in [0.717, 1.165) is 22.2 Å². The van der Waals surface area contributed by atoms with Crippen LogP contribution in [-0.4, -0.2) is 74.2 Å². The maximum atomic E-state index is 12.1. The molecule has 5 unspecified atom stereocenters. The van der Waals surface area contributed by atoms with Gasteiger partial charge in [-0.3, -0.25) is 4.79 Å². The second kappa shape index (κ2) is 7.95. The molecular weight excluding hydrogens is 404 g/mol. The molecule has 0 bridgehead atoms. The molecule has 1 amide bonds. The molecule has 0 saturated heterocycles. The van der Waals surface area contributed by atoms with Crippen molar-refractivity contribution in [3.8, 4) is 17.0 Å². The van der Waals surface area contributed by atoms with Gasteiger partial charge in [-0.1, -0.05) is 6.07 Å². The molecule has 1 fully saturated rings. The van der Waals surface area contributed by atoms with E-state index < -0.39 is 36.6 Å². The number of aliphatic hydroxyl groups excluding tert-OH is 4. The Balaban J connectivity index is 1.54. The van der Waals surface area contributed by atoms with Gasteiger partial charge in [-0.05, 0) is 48.0 Å². The monoisotopic (exact) mass is 428 g/mol. The largest absolute Gasteiger partial charge is 0.462 e. The van der Waals surface area contributed by atoms with Crippen LogP contribution in [0.5, 0.6) is 5.75 Å². The highest BCUT2D eigenvalue weighted by Crippen LogP contribution is 2.42. The first kappa shape index (κ1) is 21.3. The van der Waals surface area contributed by atoms with Crippen LogP contribution in [0.25, 0.3) is 22.2 Å². The number of nitrogens with one attached hydrogen (secondary N) is 2. The number of aromatic nitrogens is 1. The average molecular weight is 428 g/mol. The lowest BCUT2D eigenvalue weighted by Crippen LogP contribution is -2.76. The maximum absolute atomic E-state index is 12.1. The zero-order valence-electron chi connectivity index (χ0n) is 16.7. The Morgan fingerprint density at radius 3 is 2.58 bits per heavy atom. The lowest BCUT2D eigenvalue weighted by Gasteiger charge is -2.53. The van der Waals surface area contributed by atoms with Crippen molar-refractivity contribution in [2.45, 2.75) is 24.1 Å². The Labute approximate surface area is 177 Å². The minimum absolute atomic E-state index is 0.184. The van der Waals surface area contributed by atoms with Crippen LogP contribution in [0.4, 0.5) is 0 Å². The number of carbonyl (C=O) groups is 1. The first-order chi connectivity index (χ1) is 14.8. The summed E-state index contributed by atoms with van der Waals surface area (Å²) in [5.41, 5.74) is 0.752. The van der Waals surface area contributed by atoms with Gasteiger partial charge in [0.25, 0.3) is 5.91 Å². The second-order valence-electron chi connectivity index (χ2n) is 7.64. The first-order valence-electron chi connectivity index (χ1n) is 9.79. The minimum Gasteiger partial charge on any atom is -0.462 e. The number of aliphatic hydroxyl groups is 5. The molecule has 31 heavy (non-hydrogen) atoms. The molecule has 9 nitrogen and oxygen atoms in total. The average Bonchev–Trinajstić information content (AvgIpc) is 3.23. The van der Waals surface area contributed by atoms with E-state index in [-0.39, 0.29) is 11.7 Å². The highest BCUT2D eigenvalue weighted by atomic mass is 16.6. The number of aromatic amines is 1. The highest BCUT2D eigenvalue weighted by molar-refractivity contribution is 6.07. The third-order valence-corrected chi connectivity index (χ3v) is 5.94. The van der Waals surface area contributed by atoms with Gasteiger partial charge in [-0.25, -0.2) is 0 Å². The summed E-state index contributed by atoms with van der Waals surface area (Å²) in [5, 5.41) is 52.9. The van der Waals surface area contributed by atoms with Crippen molar-refractivity contribution in [3.63, 3.8) is 0 Å². The number of hydrogen-bond acceptors (Lipinski definition) is 7. The smallest absolute Gasteiger partial charge is 0.251 e. The van der Waals surface area contributed by atoms with Crippen LogP contribution in [0, 0.1) is 5.92 Å². The number of hydrogen-bond donors (Lipinski definition) is 7. The third-order valence-electron chi connectivity index (χ3n) is 5.94. The Kier molecular flexibility index (Phi) is 5.46. The quantitative estimate of drug-likeness (QED) is 0.272. The van der Waals surface area contributed by atoms with Gasteiger partial charge in [0, 0.05) is 35.1 Å². The summed E-state index contributed by atoms with van der Waals surface area (Å²) >= 11 is 0. The molecule has 1 aliphatic rings. The van der Waals surface area contributed by atoms with Gasteiger partial charge in [0.05, 0.1) is 12.7 Å². The lowest BCUT2D eigenvalue weighted by atomic mass is 9.64. The zero-order valence-corrected chi connectivity index (χ0v) is 16.7. The molecular formula is C22H24N2O7.